The molecule has 1 rings (SSSR count). The Morgan fingerprint density at radius 3 is 2.21 bits per heavy atom. The minimum atomic E-state index is 0.571. The second kappa shape index (κ2) is 4.18. The van der Waals surface area contributed by atoms with E-state index in [2.05, 4.69) is 4.98 Å². The molecule has 0 bridgehead atoms. The van der Waals surface area contributed by atoms with Crippen LogP contribution >= 0.6 is 0 Å². The van der Waals surface area contributed by atoms with Gasteiger partial charge < -0.3 is 5.41 Å². The van der Waals surface area contributed by atoms with Gasteiger partial charge in [-0.2, -0.15) is 0 Å². The molecule has 0 fully saturated rings. The number of hydrogen-bond donors (Lipinski definition) is 1. The van der Waals surface area contributed by atoms with Crippen molar-refractivity contribution in [3.05, 3.63) is 35.2 Å². The zero-order valence-corrected chi connectivity index (χ0v) is 9.18. The van der Waals surface area contributed by atoms with Gasteiger partial charge in [-0.05, 0) is 39.3 Å². The molecule has 0 aliphatic carbocycles. The molecule has 0 saturated carbocycles. The Hall–Kier alpha value is -1.44. The maximum absolute atomic E-state index is 7.68. The van der Waals surface area contributed by atoms with Gasteiger partial charge in [0.1, 0.15) is 0 Å². The second-order valence-electron chi connectivity index (χ2n) is 3.72. The van der Waals surface area contributed by atoms with Crippen LogP contribution in [0.3, 0.4) is 0 Å². The first kappa shape index (κ1) is 10.6. The van der Waals surface area contributed by atoms with Crippen molar-refractivity contribution in [3.8, 4) is 0 Å². The van der Waals surface area contributed by atoms with Crippen LogP contribution in [0.2, 0.25) is 0 Å². The highest BCUT2D eigenvalue weighted by atomic mass is 14.7. The Balaban J connectivity index is 3.21. The van der Waals surface area contributed by atoms with E-state index < -0.39 is 0 Å². The second-order valence-corrected chi connectivity index (χ2v) is 3.72. The van der Waals surface area contributed by atoms with Crippen molar-refractivity contribution in [2.24, 2.45) is 0 Å². The fourth-order valence-electron chi connectivity index (χ4n) is 1.44. The topological polar surface area (TPSA) is 36.7 Å². The van der Waals surface area contributed by atoms with Crippen LogP contribution in [-0.4, -0.2) is 10.7 Å². The van der Waals surface area contributed by atoms with Crippen LogP contribution in [0.25, 0.3) is 5.57 Å². The third-order valence-corrected chi connectivity index (χ3v) is 2.04. The first-order valence-corrected chi connectivity index (χ1v) is 4.68. The van der Waals surface area contributed by atoms with Gasteiger partial charge in [-0.3, -0.25) is 4.98 Å². The van der Waals surface area contributed by atoms with E-state index in [0.29, 0.717) is 5.71 Å². The Kier molecular flexibility index (Phi) is 3.18. The van der Waals surface area contributed by atoms with E-state index in [-0.39, 0.29) is 0 Å². The number of allylic oxidation sites excluding steroid dienone is 2. The summed E-state index contributed by atoms with van der Waals surface area (Å²) in [7, 11) is 0. The average Bonchev–Trinajstić information content (AvgIpc) is 2.07. The Labute approximate surface area is 85.2 Å². The van der Waals surface area contributed by atoms with Crippen LogP contribution in [0.5, 0.6) is 0 Å². The summed E-state index contributed by atoms with van der Waals surface area (Å²) in [5.41, 5.74) is 4.69. The molecular weight excluding hydrogens is 172 g/mol. The van der Waals surface area contributed by atoms with E-state index in [4.69, 9.17) is 5.41 Å². The monoisotopic (exact) mass is 188 g/mol. The molecule has 74 valence electrons. The van der Waals surface area contributed by atoms with Crippen LogP contribution < -0.4 is 0 Å². The number of rotatable bonds is 2. The Bertz CT molecular complexity index is 368. The third kappa shape index (κ3) is 2.28. The van der Waals surface area contributed by atoms with Crippen LogP contribution in [0.1, 0.15) is 32.0 Å². The normalized spacial score (nSPS) is 9.71. The molecule has 0 atom stereocenters. The van der Waals surface area contributed by atoms with Crippen molar-refractivity contribution in [3.63, 3.8) is 0 Å². The van der Waals surface area contributed by atoms with E-state index >= 15 is 0 Å². The van der Waals surface area contributed by atoms with E-state index in [1.54, 1.807) is 6.92 Å². The van der Waals surface area contributed by atoms with Gasteiger partial charge in [-0.25, -0.2) is 0 Å². The number of pyridine rings is 1. The summed E-state index contributed by atoms with van der Waals surface area (Å²) >= 11 is 0. The standard InChI is InChI=1S/C12H16N2/c1-8(2)12(10(4)13)11-6-5-9(3)7-14-11/h5-7,13H,1-4H3. The molecule has 0 amide bonds. The lowest BCUT2D eigenvalue weighted by atomic mass is 10.0. The molecule has 2 heteroatoms. The van der Waals surface area contributed by atoms with Crippen molar-refractivity contribution in [2.45, 2.75) is 27.7 Å². The molecule has 1 heterocycles. The molecule has 1 aromatic heterocycles. The highest BCUT2D eigenvalue weighted by Crippen LogP contribution is 2.17. The van der Waals surface area contributed by atoms with Gasteiger partial charge in [0, 0.05) is 17.5 Å². The number of aryl methyl sites for hydroxylation is 1. The number of aromatic nitrogens is 1. The number of nitrogens with zero attached hydrogens (tertiary/aromatic N) is 1. The lowest BCUT2D eigenvalue weighted by Crippen LogP contribution is -1.99. The summed E-state index contributed by atoms with van der Waals surface area (Å²) < 4.78 is 0. The van der Waals surface area contributed by atoms with Crippen LogP contribution in [0.15, 0.2) is 23.9 Å². The van der Waals surface area contributed by atoms with Crippen molar-refractivity contribution < 1.29 is 0 Å². The minimum Gasteiger partial charge on any atom is -0.305 e. The summed E-state index contributed by atoms with van der Waals surface area (Å²) in [6.45, 7) is 7.82. The van der Waals surface area contributed by atoms with E-state index in [9.17, 15) is 0 Å². The van der Waals surface area contributed by atoms with Crippen LogP contribution in [0.4, 0.5) is 0 Å². The van der Waals surface area contributed by atoms with Crippen molar-refractivity contribution >= 4 is 11.3 Å². The highest BCUT2D eigenvalue weighted by molar-refractivity contribution is 6.21. The van der Waals surface area contributed by atoms with Gasteiger partial charge in [0.15, 0.2) is 0 Å². The molecular formula is C12H16N2. The summed E-state index contributed by atoms with van der Waals surface area (Å²) in [6, 6.07) is 3.99. The van der Waals surface area contributed by atoms with E-state index in [0.717, 1.165) is 22.4 Å². The van der Waals surface area contributed by atoms with Gasteiger partial charge in [-0.1, -0.05) is 11.6 Å². The number of hydrogen-bond acceptors (Lipinski definition) is 2. The molecule has 2 nitrogen and oxygen atoms in total. The van der Waals surface area contributed by atoms with Crippen molar-refractivity contribution in [1.82, 2.24) is 4.98 Å². The Morgan fingerprint density at radius 2 is 1.86 bits per heavy atom. The predicted octanol–water partition coefficient (Wildman–Crippen LogP) is 3.22. The fraction of sp³-hybridized carbons (Fsp3) is 0.333. The maximum atomic E-state index is 7.68. The molecule has 1 aromatic rings. The summed E-state index contributed by atoms with van der Waals surface area (Å²) in [4.78, 5) is 4.32. The zero-order valence-electron chi connectivity index (χ0n) is 9.18. The molecule has 0 saturated heterocycles. The summed E-state index contributed by atoms with van der Waals surface area (Å²) in [5, 5.41) is 7.68. The minimum absolute atomic E-state index is 0.571. The smallest absolute Gasteiger partial charge is 0.0719 e. The van der Waals surface area contributed by atoms with Crippen molar-refractivity contribution in [2.75, 3.05) is 0 Å². The van der Waals surface area contributed by atoms with Gasteiger partial charge in [0.2, 0.25) is 0 Å². The van der Waals surface area contributed by atoms with E-state index in [1.165, 1.54) is 0 Å². The fourth-order valence-corrected chi connectivity index (χ4v) is 1.44. The molecule has 1 N–H and O–H groups in total. The first-order valence-electron chi connectivity index (χ1n) is 4.68. The Morgan fingerprint density at radius 1 is 1.21 bits per heavy atom. The predicted molar refractivity (Wildman–Crippen MR) is 60.6 cm³/mol. The van der Waals surface area contributed by atoms with Crippen molar-refractivity contribution in [1.29, 1.82) is 5.41 Å². The SMILES string of the molecule is CC(=N)C(=C(C)C)c1ccc(C)cn1. The number of nitrogens with one attached hydrogen (secondary N) is 1. The largest absolute Gasteiger partial charge is 0.305 e. The maximum Gasteiger partial charge on any atom is 0.0719 e. The van der Waals surface area contributed by atoms with Gasteiger partial charge in [0.05, 0.1) is 5.69 Å². The molecule has 14 heavy (non-hydrogen) atoms. The lowest BCUT2D eigenvalue weighted by Gasteiger charge is -2.07. The quantitative estimate of drug-likeness (QED) is 0.711. The summed E-state index contributed by atoms with van der Waals surface area (Å²) in [6.07, 6.45) is 1.83. The highest BCUT2D eigenvalue weighted by Gasteiger charge is 2.06. The third-order valence-electron chi connectivity index (χ3n) is 2.04. The molecule has 0 aliphatic rings. The average molecular weight is 188 g/mol. The van der Waals surface area contributed by atoms with Gasteiger partial charge in [0.25, 0.3) is 0 Å². The van der Waals surface area contributed by atoms with Crippen LogP contribution in [0, 0.1) is 12.3 Å². The van der Waals surface area contributed by atoms with E-state index in [1.807, 2.05) is 39.1 Å². The van der Waals surface area contributed by atoms with Crippen LogP contribution in [-0.2, 0) is 0 Å². The molecule has 0 radical (unpaired) electrons. The lowest BCUT2D eigenvalue weighted by molar-refractivity contribution is 1.22. The molecule has 0 aromatic carbocycles. The zero-order chi connectivity index (χ0) is 10.7. The van der Waals surface area contributed by atoms with Gasteiger partial charge >= 0.3 is 0 Å². The molecule has 0 aliphatic heterocycles. The molecule has 0 spiro atoms. The summed E-state index contributed by atoms with van der Waals surface area (Å²) in [5.74, 6) is 0. The van der Waals surface area contributed by atoms with Gasteiger partial charge in [-0.15, -0.1) is 0 Å². The first-order chi connectivity index (χ1) is 6.52. The molecule has 0 unspecified atom stereocenters.